The number of carbonyl (C=O) groups is 1. The van der Waals surface area contributed by atoms with Crippen LogP contribution in [0.4, 0.5) is 0 Å². The first-order valence-corrected chi connectivity index (χ1v) is 9.71. The summed E-state index contributed by atoms with van der Waals surface area (Å²) in [5.74, 6) is 1.13. The van der Waals surface area contributed by atoms with Crippen molar-refractivity contribution in [1.29, 1.82) is 0 Å². The number of benzene rings is 1. The first-order chi connectivity index (χ1) is 12.1. The predicted octanol–water partition coefficient (Wildman–Crippen LogP) is 3.49. The summed E-state index contributed by atoms with van der Waals surface area (Å²) < 4.78 is 5.22. The number of carbonyl (C=O) groups excluding carboxylic acids is 1. The van der Waals surface area contributed by atoms with Crippen molar-refractivity contribution >= 4 is 5.91 Å². The number of rotatable bonds is 5. The molecule has 1 aliphatic carbocycles. The first kappa shape index (κ1) is 18.2. The Balaban J connectivity index is 1.75. The number of hydrogen-bond acceptors (Lipinski definition) is 3. The Morgan fingerprint density at radius 3 is 2.52 bits per heavy atom. The van der Waals surface area contributed by atoms with E-state index in [0.717, 1.165) is 30.8 Å². The van der Waals surface area contributed by atoms with E-state index >= 15 is 0 Å². The van der Waals surface area contributed by atoms with Gasteiger partial charge in [0.2, 0.25) is 5.91 Å². The third kappa shape index (κ3) is 3.84. The molecule has 138 valence electrons. The Kier molecular flexibility index (Phi) is 5.67. The maximum Gasteiger partial charge on any atom is 0.227 e. The molecule has 1 aliphatic heterocycles. The molecule has 1 saturated carbocycles. The molecule has 0 unspecified atom stereocenters. The first-order valence-electron chi connectivity index (χ1n) is 9.71. The van der Waals surface area contributed by atoms with Crippen molar-refractivity contribution < 1.29 is 9.53 Å². The van der Waals surface area contributed by atoms with Crippen LogP contribution in [-0.2, 0) is 11.2 Å². The molecule has 1 spiro atoms. The molecule has 1 saturated heterocycles. The molecule has 1 heterocycles. The van der Waals surface area contributed by atoms with Gasteiger partial charge in [-0.05, 0) is 50.6 Å². The molecule has 25 heavy (non-hydrogen) atoms. The molecule has 2 aliphatic rings. The van der Waals surface area contributed by atoms with Crippen LogP contribution in [0.15, 0.2) is 24.3 Å². The maximum absolute atomic E-state index is 13.2. The molecule has 1 aromatic carbocycles. The molecule has 1 atom stereocenters. The Labute approximate surface area is 152 Å². The van der Waals surface area contributed by atoms with Crippen LogP contribution in [0.1, 0.15) is 51.0 Å². The van der Waals surface area contributed by atoms with Crippen LogP contribution in [0.25, 0.3) is 0 Å². The highest BCUT2D eigenvalue weighted by Crippen LogP contribution is 2.43. The molecule has 0 bridgehead atoms. The molecule has 2 fully saturated rings. The summed E-state index contributed by atoms with van der Waals surface area (Å²) in [7, 11) is 3.86. The van der Waals surface area contributed by atoms with Crippen molar-refractivity contribution in [1.82, 2.24) is 9.80 Å². The predicted molar refractivity (Wildman–Crippen MR) is 101 cm³/mol. The van der Waals surface area contributed by atoms with Gasteiger partial charge >= 0.3 is 0 Å². The quantitative estimate of drug-likeness (QED) is 0.820. The molecule has 0 radical (unpaired) electrons. The topological polar surface area (TPSA) is 32.8 Å². The number of nitrogens with zero attached hydrogens (tertiary/aromatic N) is 2. The average Bonchev–Trinajstić information content (AvgIpc) is 3.01. The van der Waals surface area contributed by atoms with E-state index in [9.17, 15) is 4.79 Å². The summed E-state index contributed by atoms with van der Waals surface area (Å²) in [5.41, 5.74) is 1.18. The fraction of sp³-hybridized carbons (Fsp3) is 0.667. The van der Waals surface area contributed by atoms with E-state index in [4.69, 9.17) is 4.74 Å². The summed E-state index contributed by atoms with van der Waals surface area (Å²) in [4.78, 5) is 17.8. The number of ether oxygens (including phenoxy) is 1. The van der Waals surface area contributed by atoms with Gasteiger partial charge in [-0.15, -0.1) is 0 Å². The van der Waals surface area contributed by atoms with Crippen molar-refractivity contribution in [3.8, 4) is 5.75 Å². The van der Waals surface area contributed by atoms with Crippen molar-refractivity contribution in [2.24, 2.45) is 0 Å². The van der Waals surface area contributed by atoms with Crippen molar-refractivity contribution in [3.63, 3.8) is 0 Å². The standard InChI is InChI=1S/C21H32N2O2/c1-4-22(2)18-15-21(12-6-5-7-13-21)23(16-18)20(24)14-17-8-10-19(25-3)11-9-17/h8-11,18H,4-7,12-16H2,1-3H3/t18-/m0/s1. The second-order valence-electron chi connectivity index (χ2n) is 7.75. The van der Waals surface area contributed by atoms with E-state index in [0.29, 0.717) is 18.4 Å². The second-order valence-corrected chi connectivity index (χ2v) is 7.75. The van der Waals surface area contributed by atoms with Gasteiger partial charge in [0, 0.05) is 18.1 Å². The van der Waals surface area contributed by atoms with Crippen LogP contribution in [0.5, 0.6) is 5.75 Å². The summed E-state index contributed by atoms with van der Waals surface area (Å²) in [6.07, 6.45) is 7.82. The number of likely N-dealkylation sites (N-methyl/N-ethyl adjacent to an activating group) is 1. The van der Waals surface area contributed by atoms with Crippen LogP contribution < -0.4 is 4.74 Å². The fourth-order valence-electron chi connectivity index (χ4n) is 4.63. The molecule has 1 amide bonds. The molecule has 4 heteroatoms. The minimum Gasteiger partial charge on any atom is -0.497 e. The largest absolute Gasteiger partial charge is 0.497 e. The van der Waals surface area contributed by atoms with Crippen LogP contribution in [0.2, 0.25) is 0 Å². The van der Waals surface area contributed by atoms with E-state index in [1.165, 1.54) is 32.1 Å². The Morgan fingerprint density at radius 2 is 1.92 bits per heavy atom. The lowest BCUT2D eigenvalue weighted by Gasteiger charge is -2.41. The smallest absolute Gasteiger partial charge is 0.227 e. The molecular formula is C21H32N2O2. The lowest BCUT2D eigenvalue weighted by Crippen LogP contribution is -2.49. The van der Waals surface area contributed by atoms with Crippen molar-refractivity contribution in [3.05, 3.63) is 29.8 Å². The van der Waals surface area contributed by atoms with E-state index < -0.39 is 0 Å². The van der Waals surface area contributed by atoms with E-state index in [2.05, 4.69) is 23.8 Å². The third-order valence-electron chi connectivity index (χ3n) is 6.30. The van der Waals surface area contributed by atoms with E-state index in [1.807, 2.05) is 24.3 Å². The second kappa shape index (κ2) is 7.77. The fourth-order valence-corrected chi connectivity index (χ4v) is 4.63. The van der Waals surface area contributed by atoms with Crippen LogP contribution in [0, 0.1) is 0 Å². The summed E-state index contributed by atoms with van der Waals surface area (Å²) >= 11 is 0. The number of amides is 1. The summed E-state index contributed by atoms with van der Waals surface area (Å²) in [6, 6.07) is 8.40. The van der Waals surface area contributed by atoms with Gasteiger partial charge in [0.15, 0.2) is 0 Å². The number of methoxy groups -OCH3 is 1. The zero-order chi connectivity index (χ0) is 17.9. The van der Waals surface area contributed by atoms with Crippen LogP contribution in [0.3, 0.4) is 0 Å². The number of hydrogen-bond donors (Lipinski definition) is 0. The zero-order valence-electron chi connectivity index (χ0n) is 16.0. The lowest BCUT2D eigenvalue weighted by atomic mass is 9.79. The molecule has 0 aromatic heterocycles. The van der Waals surface area contributed by atoms with Crippen molar-refractivity contribution in [2.75, 3.05) is 27.2 Å². The molecule has 1 aromatic rings. The molecule has 0 N–H and O–H groups in total. The van der Waals surface area contributed by atoms with E-state index in [1.54, 1.807) is 7.11 Å². The van der Waals surface area contributed by atoms with Crippen LogP contribution in [-0.4, -0.2) is 54.5 Å². The maximum atomic E-state index is 13.2. The van der Waals surface area contributed by atoms with Gasteiger partial charge in [-0.1, -0.05) is 38.3 Å². The minimum atomic E-state index is 0.107. The third-order valence-corrected chi connectivity index (χ3v) is 6.30. The van der Waals surface area contributed by atoms with Gasteiger partial charge in [-0.25, -0.2) is 0 Å². The molecule has 3 rings (SSSR count). The highest BCUT2D eigenvalue weighted by Gasteiger charge is 2.48. The monoisotopic (exact) mass is 344 g/mol. The summed E-state index contributed by atoms with van der Waals surface area (Å²) in [5, 5.41) is 0. The Morgan fingerprint density at radius 1 is 1.24 bits per heavy atom. The normalized spacial score (nSPS) is 22.6. The highest BCUT2D eigenvalue weighted by molar-refractivity contribution is 5.80. The Hall–Kier alpha value is -1.55. The zero-order valence-corrected chi connectivity index (χ0v) is 16.0. The summed E-state index contributed by atoms with van der Waals surface area (Å²) in [6.45, 7) is 4.13. The van der Waals surface area contributed by atoms with Gasteiger partial charge in [-0.3, -0.25) is 4.79 Å². The van der Waals surface area contributed by atoms with Gasteiger partial charge in [0.25, 0.3) is 0 Å². The number of likely N-dealkylation sites (tertiary alicyclic amines) is 1. The van der Waals surface area contributed by atoms with Gasteiger partial charge < -0.3 is 14.5 Å². The van der Waals surface area contributed by atoms with Crippen molar-refractivity contribution in [2.45, 2.75) is 63.5 Å². The minimum absolute atomic E-state index is 0.107. The Bertz CT molecular complexity index is 578. The van der Waals surface area contributed by atoms with Gasteiger partial charge in [0.1, 0.15) is 5.75 Å². The van der Waals surface area contributed by atoms with Gasteiger partial charge in [-0.2, -0.15) is 0 Å². The molecule has 4 nitrogen and oxygen atoms in total. The van der Waals surface area contributed by atoms with E-state index in [-0.39, 0.29) is 5.54 Å². The SMILES string of the molecule is CCN(C)[C@@H]1CN(C(=O)Cc2ccc(OC)cc2)C2(CCCCC2)C1. The van der Waals surface area contributed by atoms with Gasteiger partial charge in [0.05, 0.1) is 13.5 Å². The lowest BCUT2D eigenvalue weighted by molar-refractivity contribution is -0.135. The highest BCUT2D eigenvalue weighted by atomic mass is 16.5. The average molecular weight is 344 g/mol. The van der Waals surface area contributed by atoms with Crippen LogP contribution >= 0.6 is 0 Å². The molecular weight excluding hydrogens is 312 g/mol.